The molecule has 7 rings (SSSR count). The van der Waals surface area contributed by atoms with Crippen LogP contribution in [0.15, 0.2) is 60.9 Å². The van der Waals surface area contributed by atoms with Gasteiger partial charge in [0.1, 0.15) is 29.0 Å². The summed E-state index contributed by atoms with van der Waals surface area (Å²) in [5.74, 6) is 0.341. The van der Waals surface area contributed by atoms with E-state index < -0.39 is 23.8 Å². The Morgan fingerprint density at radius 2 is 1.70 bits per heavy atom. The summed E-state index contributed by atoms with van der Waals surface area (Å²) < 4.78 is 47.4. The van der Waals surface area contributed by atoms with Crippen LogP contribution in [-0.4, -0.2) is 68.8 Å². The number of nitrogens with zero attached hydrogens (tertiary/aromatic N) is 4. The molecule has 1 saturated carbocycles. The number of hydrogen-bond acceptors (Lipinski definition) is 8. The number of carbonyl (C=O) groups excluding carboxylic acids is 3. The van der Waals surface area contributed by atoms with E-state index in [-0.39, 0.29) is 35.2 Å². The van der Waals surface area contributed by atoms with Gasteiger partial charge in [-0.2, -0.15) is 13.2 Å². The predicted octanol–water partition coefficient (Wildman–Crippen LogP) is 7.16. The van der Waals surface area contributed by atoms with E-state index in [9.17, 15) is 27.6 Å². The number of anilines is 2. The first-order valence-corrected chi connectivity index (χ1v) is 18.9. The van der Waals surface area contributed by atoms with E-state index in [0.29, 0.717) is 36.1 Å². The Labute approximate surface area is 312 Å². The molecular formula is C40H46F3N7O4. The smallest absolute Gasteiger partial charge is 0.433 e. The fourth-order valence-corrected chi connectivity index (χ4v) is 7.97. The van der Waals surface area contributed by atoms with E-state index in [1.54, 1.807) is 16.7 Å². The lowest BCUT2D eigenvalue weighted by Gasteiger charge is -2.36. The largest absolute Gasteiger partial charge is 0.490 e. The minimum atomic E-state index is -4.63. The fourth-order valence-electron chi connectivity index (χ4n) is 7.97. The summed E-state index contributed by atoms with van der Waals surface area (Å²) in [5.41, 5.74) is 2.86. The van der Waals surface area contributed by atoms with E-state index >= 15 is 0 Å². The number of carbonyl (C=O) groups is 3. The number of amides is 3. The number of ether oxygens (including phenoxy) is 1. The Kier molecular flexibility index (Phi) is 10.9. The standard InChI is InChI=1S/C40H46F3N7O4/c1-24(2)54-33-20-36-45-32(23-50(36)22-30(33)38(52)47-35-8-4-7-34(46-35)40(41,42)43)27-11-9-25(10-12-27)21-49-17-15-26(16-18-49)28-5-3-6-29(19-28)44-31-13-14-37(51)48-39(31)53/h3-8,19-20,22-27,31,44H,9-18,21H2,1-2H3,(H,46,47,52)(H,48,51,53). The third-order valence-electron chi connectivity index (χ3n) is 10.8. The number of nitrogens with one attached hydrogen (secondary N) is 3. The van der Waals surface area contributed by atoms with Crippen LogP contribution < -0.4 is 20.7 Å². The Morgan fingerprint density at radius 3 is 2.43 bits per heavy atom. The third kappa shape index (κ3) is 8.86. The van der Waals surface area contributed by atoms with Crippen molar-refractivity contribution in [2.45, 2.75) is 95.4 Å². The molecule has 2 saturated heterocycles. The first kappa shape index (κ1) is 37.3. The second-order valence-electron chi connectivity index (χ2n) is 15.1. The molecule has 2 aliphatic heterocycles. The van der Waals surface area contributed by atoms with Gasteiger partial charge in [0.25, 0.3) is 5.91 Å². The molecule has 3 fully saturated rings. The maximum Gasteiger partial charge on any atom is 0.433 e. The van der Waals surface area contributed by atoms with Crippen LogP contribution in [0.3, 0.4) is 0 Å². The zero-order valence-electron chi connectivity index (χ0n) is 30.5. The van der Waals surface area contributed by atoms with Crippen LogP contribution in [0.25, 0.3) is 5.65 Å². The van der Waals surface area contributed by atoms with Crippen molar-refractivity contribution in [1.29, 1.82) is 0 Å². The molecule has 3 aromatic heterocycles. The average Bonchev–Trinajstić information content (AvgIpc) is 3.56. The topological polar surface area (TPSA) is 130 Å². The summed E-state index contributed by atoms with van der Waals surface area (Å²) in [5, 5.41) is 8.22. The lowest BCUT2D eigenvalue weighted by atomic mass is 9.80. The Balaban J connectivity index is 0.929. The summed E-state index contributed by atoms with van der Waals surface area (Å²) in [6.07, 6.45) is 5.92. The van der Waals surface area contributed by atoms with Crippen molar-refractivity contribution in [1.82, 2.24) is 24.6 Å². The van der Waals surface area contributed by atoms with E-state index in [1.165, 1.54) is 17.7 Å². The molecule has 1 aromatic carbocycles. The number of halogens is 3. The van der Waals surface area contributed by atoms with Gasteiger partial charge in [0.05, 0.1) is 17.4 Å². The maximum atomic E-state index is 13.3. The molecule has 3 N–H and O–H groups in total. The van der Waals surface area contributed by atoms with Gasteiger partial charge < -0.3 is 24.7 Å². The van der Waals surface area contributed by atoms with Crippen molar-refractivity contribution < 1.29 is 32.3 Å². The average molecular weight is 746 g/mol. The molecule has 14 heteroatoms. The second kappa shape index (κ2) is 15.8. The molecule has 54 heavy (non-hydrogen) atoms. The molecule has 1 unspecified atom stereocenters. The van der Waals surface area contributed by atoms with E-state index in [4.69, 9.17) is 9.72 Å². The van der Waals surface area contributed by atoms with Crippen LogP contribution in [0.2, 0.25) is 0 Å². The monoisotopic (exact) mass is 745 g/mol. The number of fused-ring (bicyclic) bond motifs is 1. The summed E-state index contributed by atoms with van der Waals surface area (Å²) in [7, 11) is 0. The van der Waals surface area contributed by atoms with Crippen LogP contribution in [0.5, 0.6) is 5.75 Å². The van der Waals surface area contributed by atoms with Crippen molar-refractivity contribution in [3.63, 3.8) is 0 Å². The number of imide groups is 1. The normalized spacial score (nSPS) is 21.6. The SMILES string of the molecule is CC(C)Oc1cc2nc(C3CCC(CN4CCC(c5cccc(NC6CCC(=O)NC6=O)c5)CC4)CC3)cn2cc1C(=O)Nc1cccc(C(F)(F)F)n1. The molecular weight excluding hydrogens is 699 g/mol. The number of rotatable bonds is 10. The van der Waals surface area contributed by atoms with Crippen LogP contribution >= 0.6 is 0 Å². The summed E-state index contributed by atoms with van der Waals surface area (Å²) >= 11 is 0. The number of alkyl halides is 3. The Hall–Kier alpha value is -4.98. The molecule has 0 bridgehead atoms. The summed E-state index contributed by atoms with van der Waals surface area (Å²) in [4.78, 5) is 48.2. The molecule has 3 amide bonds. The van der Waals surface area contributed by atoms with Gasteiger partial charge in [0.15, 0.2) is 0 Å². The number of benzene rings is 1. The molecule has 0 spiro atoms. The van der Waals surface area contributed by atoms with Crippen LogP contribution in [0.1, 0.15) is 104 Å². The van der Waals surface area contributed by atoms with E-state index in [1.807, 2.05) is 32.2 Å². The van der Waals surface area contributed by atoms with Crippen molar-refractivity contribution in [2.24, 2.45) is 5.92 Å². The van der Waals surface area contributed by atoms with Crippen LogP contribution in [0, 0.1) is 5.92 Å². The number of piperidine rings is 2. The van der Waals surface area contributed by atoms with Gasteiger partial charge >= 0.3 is 6.18 Å². The van der Waals surface area contributed by atoms with E-state index in [2.05, 4.69) is 38.0 Å². The lowest BCUT2D eigenvalue weighted by Crippen LogP contribution is -2.47. The summed E-state index contributed by atoms with van der Waals surface area (Å²) in [6, 6.07) is 13.0. The molecule has 3 aliphatic rings. The lowest BCUT2D eigenvalue weighted by molar-refractivity contribution is -0.141. The first-order valence-electron chi connectivity index (χ1n) is 18.9. The Bertz CT molecular complexity index is 2000. The van der Waals surface area contributed by atoms with Gasteiger partial charge in [-0.15, -0.1) is 0 Å². The van der Waals surface area contributed by atoms with Crippen molar-refractivity contribution >= 4 is 34.9 Å². The number of aromatic nitrogens is 3. The highest BCUT2D eigenvalue weighted by Gasteiger charge is 2.33. The second-order valence-corrected chi connectivity index (χ2v) is 15.1. The van der Waals surface area contributed by atoms with Crippen molar-refractivity contribution in [2.75, 3.05) is 30.3 Å². The van der Waals surface area contributed by atoms with E-state index in [0.717, 1.165) is 75.6 Å². The van der Waals surface area contributed by atoms with Gasteiger partial charge in [0.2, 0.25) is 11.8 Å². The number of pyridine rings is 2. The molecule has 11 nitrogen and oxygen atoms in total. The van der Waals surface area contributed by atoms with Gasteiger partial charge in [-0.3, -0.25) is 19.7 Å². The molecule has 1 atom stereocenters. The minimum absolute atomic E-state index is 0.170. The van der Waals surface area contributed by atoms with Crippen molar-refractivity contribution in [3.8, 4) is 5.75 Å². The molecule has 1 aliphatic carbocycles. The van der Waals surface area contributed by atoms with Gasteiger partial charge in [0, 0.05) is 43.0 Å². The van der Waals surface area contributed by atoms with Crippen LogP contribution in [-0.2, 0) is 15.8 Å². The zero-order valence-corrected chi connectivity index (χ0v) is 30.5. The van der Waals surface area contributed by atoms with Gasteiger partial charge in [-0.1, -0.05) is 18.2 Å². The van der Waals surface area contributed by atoms with Gasteiger partial charge in [-0.05, 0) is 114 Å². The maximum absolute atomic E-state index is 13.3. The van der Waals surface area contributed by atoms with Crippen LogP contribution in [0.4, 0.5) is 24.7 Å². The molecule has 5 heterocycles. The molecule has 0 radical (unpaired) electrons. The number of likely N-dealkylation sites (tertiary alicyclic amines) is 1. The highest BCUT2D eigenvalue weighted by molar-refractivity contribution is 6.06. The number of hydrogen-bond donors (Lipinski definition) is 3. The first-order chi connectivity index (χ1) is 25.9. The highest BCUT2D eigenvalue weighted by Crippen LogP contribution is 2.38. The summed E-state index contributed by atoms with van der Waals surface area (Å²) in [6.45, 7) is 6.84. The van der Waals surface area contributed by atoms with Crippen molar-refractivity contribution in [3.05, 3.63) is 83.4 Å². The Morgan fingerprint density at radius 1 is 0.944 bits per heavy atom. The predicted molar refractivity (Wildman–Crippen MR) is 197 cm³/mol. The highest BCUT2D eigenvalue weighted by atomic mass is 19.4. The minimum Gasteiger partial charge on any atom is -0.490 e. The molecule has 286 valence electrons. The quantitative estimate of drug-likeness (QED) is 0.146. The number of imidazole rings is 1. The third-order valence-corrected chi connectivity index (χ3v) is 10.8. The zero-order chi connectivity index (χ0) is 38.0. The van der Waals surface area contributed by atoms with Gasteiger partial charge in [-0.25, -0.2) is 9.97 Å². The fraction of sp³-hybridized carbons (Fsp3) is 0.475. The molecule has 4 aromatic rings.